The van der Waals surface area contributed by atoms with E-state index >= 15 is 0 Å². The summed E-state index contributed by atoms with van der Waals surface area (Å²) < 4.78 is 0. The fourth-order valence-electron chi connectivity index (χ4n) is 2.38. The zero-order chi connectivity index (χ0) is 15.9. The van der Waals surface area contributed by atoms with Crippen LogP contribution in [0.15, 0.2) is 54.6 Å². The van der Waals surface area contributed by atoms with Gasteiger partial charge in [0.05, 0.1) is 6.61 Å². The number of aliphatic hydroxyl groups excluding tert-OH is 1. The Morgan fingerprint density at radius 2 is 1.91 bits per heavy atom. The Balaban J connectivity index is 2.10. The van der Waals surface area contributed by atoms with E-state index < -0.39 is 0 Å². The average Bonchev–Trinajstić information content (AvgIpc) is 2.56. The number of benzene rings is 2. The number of para-hydroxylation sites is 1. The normalized spacial score (nSPS) is 11.8. The molecule has 0 aromatic heterocycles. The summed E-state index contributed by atoms with van der Waals surface area (Å²) >= 11 is 0. The topological polar surface area (TPSA) is 52.6 Å². The van der Waals surface area contributed by atoms with Gasteiger partial charge in [-0.3, -0.25) is 4.79 Å². The molecule has 4 heteroatoms. The highest BCUT2D eigenvalue weighted by Gasteiger charge is 2.20. The van der Waals surface area contributed by atoms with E-state index in [0.29, 0.717) is 6.54 Å². The van der Waals surface area contributed by atoms with Crippen LogP contribution in [0.2, 0.25) is 0 Å². The number of likely N-dealkylation sites (N-methyl/N-ethyl adjacent to an activating group) is 1. The lowest BCUT2D eigenvalue weighted by atomic mass is 10.2. The first kappa shape index (κ1) is 16.0. The maximum atomic E-state index is 12.6. The monoisotopic (exact) mass is 298 g/mol. The second-order valence-corrected chi connectivity index (χ2v) is 5.14. The van der Waals surface area contributed by atoms with Crippen LogP contribution >= 0.6 is 0 Å². The van der Waals surface area contributed by atoms with Gasteiger partial charge in [0.25, 0.3) is 0 Å². The molecule has 0 aliphatic carbocycles. The van der Waals surface area contributed by atoms with Crippen LogP contribution in [0.1, 0.15) is 19.4 Å². The van der Waals surface area contributed by atoms with Crippen molar-refractivity contribution in [3.8, 4) is 0 Å². The van der Waals surface area contributed by atoms with Gasteiger partial charge in [-0.1, -0.05) is 30.3 Å². The van der Waals surface area contributed by atoms with Crippen molar-refractivity contribution in [3.63, 3.8) is 0 Å². The molecule has 0 fully saturated rings. The third-order valence-electron chi connectivity index (χ3n) is 3.51. The van der Waals surface area contributed by atoms with E-state index in [1.165, 1.54) is 0 Å². The van der Waals surface area contributed by atoms with Crippen LogP contribution in [0.4, 0.5) is 11.4 Å². The maximum Gasteiger partial charge on any atom is 0.249 e. The third-order valence-corrected chi connectivity index (χ3v) is 3.51. The number of carbonyl (C=O) groups excluding carboxylic acids is 1. The van der Waals surface area contributed by atoms with Crippen LogP contribution < -0.4 is 10.2 Å². The van der Waals surface area contributed by atoms with Crippen molar-refractivity contribution in [2.45, 2.75) is 26.5 Å². The van der Waals surface area contributed by atoms with Crippen LogP contribution in [0.3, 0.4) is 0 Å². The predicted molar refractivity (Wildman–Crippen MR) is 89.9 cm³/mol. The first-order valence-corrected chi connectivity index (χ1v) is 7.48. The molecule has 0 bridgehead atoms. The molecule has 0 spiro atoms. The summed E-state index contributed by atoms with van der Waals surface area (Å²) in [5.41, 5.74) is 2.55. The van der Waals surface area contributed by atoms with Crippen molar-refractivity contribution >= 4 is 17.3 Å². The molecule has 4 nitrogen and oxygen atoms in total. The van der Waals surface area contributed by atoms with E-state index in [4.69, 9.17) is 0 Å². The Labute approximate surface area is 131 Å². The molecular formula is C18H22N2O2. The van der Waals surface area contributed by atoms with Crippen molar-refractivity contribution < 1.29 is 9.90 Å². The lowest BCUT2D eigenvalue weighted by Crippen LogP contribution is -2.41. The molecule has 0 aliphatic rings. The molecule has 2 rings (SSSR count). The summed E-state index contributed by atoms with van der Waals surface area (Å²) in [4.78, 5) is 14.4. The van der Waals surface area contributed by atoms with Gasteiger partial charge in [0.15, 0.2) is 0 Å². The number of carbonyl (C=O) groups is 1. The summed E-state index contributed by atoms with van der Waals surface area (Å²) in [5, 5.41) is 12.4. The zero-order valence-electron chi connectivity index (χ0n) is 13.0. The van der Waals surface area contributed by atoms with Crippen molar-refractivity contribution in [2.75, 3.05) is 16.8 Å². The predicted octanol–water partition coefficient (Wildman–Crippen LogP) is 3.03. The number of hydrogen-bond acceptors (Lipinski definition) is 3. The molecule has 1 atom stereocenters. The second-order valence-electron chi connectivity index (χ2n) is 5.14. The molecule has 0 heterocycles. The van der Waals surface area contributed by atoms with E-state index in [2.05, 4.69) is 5.32 Å². The fourth-order valence-corrected chi connectivity index (χ4v) is 2.38. The summed E-state index contributed by atoms with van der Waals surface area (Å²) in [7, 11) is 0. The van der Waals surface area contributed by atoms with E-state index in [1.807, 2.05) is 68.4 Å². The highest BCUT2D eigenvalue weighted by Crippen LogP contribution is 2.17. The Morgan fingerprint density at radius 1 is 1.18 bits per heavy atom. The molecule has 0 saturated carbocycles. The molecule has 2 aromatic carbocycles. The van der Waals surface area contributed by atoms with E-state index in [-0.39, 0.29) is 18.6 Å². The summed E-state index contributed by atoms with van der Waals surface area (Å²) in [6, 6.07) is 16.7. The molecule has 1 unspecified atom stereocenters. The summed E-state index contributed by atoms with van der Waals surface area (Å²) in [6.45, 7) is 4.41. The number of nitrogens with one attached hydrogen (secondary N) is 1. The minimum absolute atomic E-state index is 0.0110. The van der Waals surface area contributed by atoms with Gasteiger partial charge in [-0.25, -0.2) is 0 Å². The van der Waals surface area contributed by atoms with E-state index in [9.17, 15) is 9.90 Å². The van der Waals surface area contributed by atoms with Gasteiger partial charge < -0.3 is 15.3 Å². The number of hydrogen-bond donors (Lipinski definition) is 2. The van der Waals surface area contributed by atoms with Crippen LogP contribution in [0.5, 0.6) is 0 Å². The first-order chi connectivity index (χ1) is 10.7. The Hall–Kier alpha value is -2.33. The lowest BCUT2D eigenvalue weighted by Gasteiger charge is -2.25. The molecule has 0 radical (unpaired) electrons. The Kier molecular flexibility index (Phi) is 5.55. The van der Waals surface area contributed by atoms with Crippen molar-refractivity contribution in [3.05, 3.63) is 60.2 Å². The highest BCUT2D eigenvalue weighted by molar-refractivity contribution is 5.98. The molecule has 0 aliphatic heterocycles. The molecule has 2 N–H and O–H groups in total. The SMILES string of the molecule is CCN(C(=O)C(C)Nc1cccc(CO)c1)c1ccccc1. The van der Waals surface area contributed by atoms with E-state index in [1.54, 1.807) is 4.90 Å². The van der Waals surface area contributed by atoms with Crippen molar-refractivity contribution in [1.29, 1.82) is 0 Å². The molecule has 116 valence electrons. The average molecular weight is 298 g/mol. The zero-order valence-corrected chi connectivity index (χ0v) is 13.0. The minimum atomic E-state index is -0.353. The number of rotatable bonds is 6. The van der Waals surface area contributed by atoms with Gasteiger partial charge in [0.1, 0.15) is 6.04 Å². The second kappa shape index (κ2) is 7.61. The quantitative estimate of drug-likeness (QED) is 0.862. The van der Waals surface area contributed by atoms with Gasteiger partial charge in [-0.15, -0.1) is 0 Å². The van der Waals surface area contributed by atoms with Crippen LogP contribution in [-0.2, 0) is 11.4 Å². The Morgan fingerprint density at radius 3 is 2.55 bits per heavy atom. The van der Waals surface area contributed by atoms with Gasteiger partial charge in [-0.05, 0) is 43.7 Å². The van der Waals surface area contributed by atoms with Gasteiger partial charge in [0.2, 0.25) is 5.91 Å². The standard InChI is InChI=1S/C18H22N2O2/c1-3-20(17-10-5-4-6-11-17)18(22)14(2)19-16-9-7-8-15(12-16)13-21/h4-12,14,19,21H,3,13H2,1-2H3. The summed E-state index contributed by atoms with van der Waals surface area (Å²) in [6.07, 6.45) is 0. The van der Waals surface area contributed by atoms with Crippen molar-refractivity contribution in [1.82, 2.24) is 0 Å². The molecule has 1 amide bonds. The van der Waals surface area contributed by atoms with Crippen LogP contribution in [-0.4, -0.2) is 23.6 Å². The first-order valence-electron chi connectivity index (χ1n) is 7.48. The van der Waals surface area contributed by atoms with Crippen molar-refractivity contribution in [2.24, 2.45) is 0 Å². The number of anilines is 2. The maximum absolute atomic E-state index is 12.6. The third kappa shape index (κ3) is 3.86. The lowest BCUT2D eigenvalue weighted by molar-refractivity contribution is -0.119. The molecule has 0 saturated heterocycles. The molecule has 22 heavy (non-hydrogen) atoms. The molecular weight excluding hydrogens is 276 g/mol. The smallest absolute Gasteiger partial charge is 0.249 e. The largest absolute Gasteiger partial charge is 0.392 e. The Bertz CT molecular complexity index is 613. The summed E-state index contributed by atoms with van der Waals surface area (Å²) in [5.74, 6) is 0.0168. The fraction of sp³-hybridized carbons (Fsp3) is 0.278. The molecule has 2 aromatic rings. The number of amides is 1. The number of nitrogens with zero attached hydrogens (tertiary/aromatic N) is 1. The van der Waals surface area contributed by atoms with Gasteiger partial charge in [-0.2, -0.15) is 0 Å². The van der Waals surface area contributed by atoms with Crippen LogP contribution in [0.25, 0.3) is 0 Å². The highest BCUT2D eigenvalue weighted by atomic mass is 16.3. The van der Waals surface area contributed by atoms with E-state index in [0.717, 1.165) is 16.9 Å². The minimum Gasteiger partial charge on any atom is -0.392 e. The van der Waals surface area contributed by atoms with Gasteiger partial charge in [0, 0.05) is 17.9 Å². The van der Waals surface area contributed by atoms with Gasteiger partial charge >= 0.3 is 0 Å². The van der Waals surface area contributed by atoms with Crippen LogP contribution in [0, 0.1) is 0 Å². The number of aliphatic hydroxyl groups is 1.